The molecule has 0 aromatic rings. The molecule has 0 aromatic carbocycles. The molecule has 0 unspecified atom stereocenters. The van der Waals surface area contributed by atoms with Gasteiger partial charge in [-0.25, -0.2) is 8.42 Å². The van der Waals surface area contributed by atoms with Crippen molar-refractivity contribution in [1.29, 1.82) is 0 Å². The third-order valence-electron chi connectivity index (χ3n) is 4.21. The lowest BCUT2D eigenvalue weighted by Crippen LogP contribution is -2.62. The van der Waals surface area contributed by atoms with Gasteiger partial charge in [-0.2, -0.15) is 4.31 Å². The maximum Gasteiger partial charge on any atom is 0.223 e. The van der Waals surface area contributed by atoms with E-state index in [9.17, 15) is 13.2 Å². The summed E-state index contributed by atoms with van der Waals surface area (Å²) in [5.74, 6) is 0.126. The summed E-state index contributed by atoms with van der Waals surface area (Å²) in [5.41, 5.74) is -0.315. The Morgan fingerprint density at radius 3 is 2.68 bits per heavy atom. The van der Waals surface area contributed by atoms with E-state index in [-0.39, 0.29) is 11.4 Å². The summed E-state index contributed by atoms with van der Waals surface area (Å²) in [5, 5.41) is 0. The zero-order valence-electron chi connectivity index (χ0n) is 11.5. The summed E-state index contributed by atoms with van der Waals surface area (Å²) in [6.45, 7) is 5.22. The average Bonchev–Trinajstić information content (AvgIpc) is 2.33. The molecule has 6 heteroatoms. The van der Waals surface area contributed by atoms with E-state index in [0.29, 0.717) is 26.1 Å². The van der Waals surface area contributed by atoms with E-state index < -0.39 is 10.0 Å². The Balaban J connectivity index is 2.27. The van der Waals surface area contributed by atoms with Crippen LogP contribution in [0.5, 0.6) is 0 Å². The molecule has 0 bridgehead atoms. The number of amides is 1. The van der Waals surface area contributed by atoms with Crippen molar-refractivity contribution in [1.82, 2.24) is 9.21 Å². The molecule has 2 aliphatic heterocycles. The predicted octanol–water partition coefficient (Wildman–Crippen LogP) is 0.979. The second-order valence-corrected chi connectivity index (χ2v) is 7.55. The molecule has 0 aliphatic carbocycles. The molecule has 2 saturated heterocycles. The molecule has 5 nitrogen and oxygen atoms in total. The van der Waals surface area contributed by atoms with Crippen LogP contribution < -0.4 is 0 Å². The summed E-state index contributed by atoms with van der Waals surface area (Å²) < 4.78 is 25.0. The second kappa shape index (κ2) is 5.25. The highest BCUT2D eigenvalue weighted by molar-refractivity contribution is 7.88. The van der Waals surface area contributed by atoms with E-state index in [1.807, 2.05) is 4.90 Å². The number of carbonyl (C=O) groups is 1. The molecule has 19 heavy (non-hydrogen) atoms. The van der Waals surface area contributed by atoms with Gasteiger partial charge in [-0.3, -0.25) is 4.79 Å². The lowest BCUT2D eigenvalue weighted by atomic mass is 9.80. The molecule has 0 aromatic heterocycles. The van der Waals surface area contributed by atoms with Crippen LogP contribution in [0.2, 0.25) is 0 Å². The Labute approximate surface area is 115 Å². The maximum atomic E-state index is 12.1. The summed E-state index contributed by atoms with van der Waals surface area (Å²) in [6, 6.07) is 0. The van der Waals surface area contributed by atoms with Crippen LogP contribution in [0.4, 0.5) is 0 Å². The number of carbonyl (C=O) groups excluding carboxylic acids is 1. The summed E-state index contributed by atoms with van der Waals surface area (Å²) in [7, 11) is -3.19. The van der Waals surface area contributed by atoms with Crippen molar-refractivity contribution in [2.24, 2.45) is 0 Å². The third-order valence-corrected chi connectivity index (χ3v) is 5.46. The van der Waals surface area contributed by atoms with Crippen LogP contribution in [0.25, 0.3) is 0 Å². The first-order valence-corrected chi connectivity index (χ1v) is 8.60. The van der Waals surface area contributed by atoms with Crippen molar-refractivity contribution >= 4 is 15.9 Å². The van der Waals surface area contributed by atoms with Gasteiger partial charge in [0.15, 0.2) is 0 Å². The van der Waals surface area contributed by atoms with Crippen LogP contribution in [0.1, 0.15) is 32.1 Å². The number of piperidine rings is 2. The molecular weight excluding hydrogens is 264 g/mol. The molecule has 2 heterocycles. The van der Waals surface area contributed by atoms with Crippen LogP contribution in [0, 0.1) is 0 Å². The molecule has 0 N–H and O–H groups in total. The Morgan fingerprint density at radius 1 is 1.37 bits per heavy atom. The average molecular weight is 286 g/mol. The van der Waals surface area contributed by atoms with Gasteiger partial charge in [0, 0.05) is 26.1 Å². The minimum atomic E-state index is -3.19. The molecule has 1 amide bonds. The lowest BCUT2D eigenvalue weighted by Gasteiger charge is -2.51. The summed E-state index contributed by atoms with van der Waals surface area (Å²) >= 11 is 0. The van der Waals surface area contributed by atoms with Crippen molar-refractivity contribution in [3.63, 3.8) is 0 Å². The van der Waals surface area contributed by atoms with Crippen molar-refractivity contribution in [3.8, 4) is 0 Å². The van der Waals surface area contributed by atoms with Crippen LogP contribution in [0.3, 0.4) is 0 Å². The van der Waals surface area contributed by atoms with Gasteiger partial charge < -0.3 is 4.90 Å². The molecule has 108 valence electrons. The van der Waals surface area contributed by atoms with E-state index in [1.54, 1.807) is 6.08 Å². The maximum absolute atomic E-state index is 12.1. The molecule has 1 spiro atoms. The number of rotatable bonds is 3. The minimum absolute atomic E-state index is 0.126. The topological polar surface area (TPSA) is 57.7 Å². The molecule has 0 radical (unpaired) electrons. The molecule has 2 fully saturated rings. The highest BCUT2D eigenvalue weighted by Gasteiger charge is 2.46. The van der Waals surface area contributed by atoms with Crippen LogP contribution in [-0.4, -0.2) is 55.0 Å². The highest BCUT2D eigenvalue weighted by Crippen LogP contribution is 2.37. The van der Waals surface area contributed by atoms with E-state index >= 15 is 0 Å². The molecule has 0 saturated carbocycles. The Kier molecular flexibility index (Phi) is 4.01. The SMILES string of the molecule is C=CCN1C(=O)CCC[C@@]12CCCN(S(C)(=O)=O)C2. The number of hydrogen-bond donors (Lipinski definition) is 0. The largest absolute Gasteiger partial charge is 0.332 e. The van der Waals surface area contributed by atoms with Gasteiger partial charge in [0.1, 0.15) is 0 Å². The van der Waals surface area contributed by atoms with Crippen molar-refractivity contribution in [2.75, 3.05) is 25.9 Å². The first-order valence-electron chi connectivity index (χ1n) is 6.75. The number of hydrogen-bond acceptors (Lipinski definition) is 3. The van der Waals surface area contributed by atoms with Crippen molar-refractivity contribution < 1.29 is 13.2 Å². The monoisotopic (exact) mass is 286 g/mol. The molecule has 2 rings (SSSR count). The molecule has 1 atom stereocenters. The summed E-state index contributed by atoms with van der Waals surface area (Å²) in [6.07, 6.45) is 6.97. The van der Waals surface area contributed by atoms with Gasteiger partial charge in [0.2, 0.25) is 15.9 Å². The fourth-order valence-electron chi connectivity index (χ4n) is 3.31. The fourth-order valence-corrected chi connectivity index (χ4v) is 4.24. The van der Waals surface area contributed by atoms with Crippen LogP contribution in [0.15, 0.2) is 12.7 Å². The highest BCUT2D eigenvalue weighted by atomic mass is 32.2. The third kappa shape index (κ3) is 2.84. The van der Waals surface area contributed by atoms with E-state index in [0.717, 1.165) is 25.7 Å². The number of nitrogens with zero attached hydrogens (tertiary/aromatic N) is 2. The van der Waals surface area contributed by atoms with Gasteiger partial charge in [-0.05, 0) is 25.7 Å². The van der Waals surface area contributed by atoms with Crippen LogP contribution >= 0.6 is 0 Å². The van der Waals surface area contributed by atoms with Gasteiger partial charge >= 0.3 is 0 Å². The number of likely N-dealkylation sites (tertiary alicyclic amines) is 1. The Hall–Kier alpha value is -0.880. The first-order chi connectivity index (χ1) is 8.89. The smallest absolute Gasteiger partial charge is 0.223 e. The Bertz CT molecular complexity index is 470. The quantitative estimate of drug-likeness (QED) is 0.727. The summed E-state index contributed by atoms with van der Waals surface area (Å²) in [4.78, 5) is 14.0. The normalized spacial score (nSPS) is 29.7. The molecule has 2 aliphatic rings. The van der Waals surface area contributed by atoms with Gasteiger partial charge in [0.05, 0.1) is 11.8 Å². The van der Waals surface area contributed by atoms with E-state index in [2.05, 4.69) is 6.58 Å². The Morgan fingerprint density at radius 2 is 2.05 bits per heavy atom. The van der Waals surface area contributed by atoms with Crippen LogP contribution in [-0.2, 0) is 14.8 Å². The van der Waals surface area contributed by atoms with Gasteiger partial charge in [-0.1, -0.05) is 6.08 Å². The fraction of sp³-hybridized carbons (Fsp3) is 0.769. The standard InChI is InChI=1S/C13H22N2O3S/c1-3-9-15-12(16)6-4-7-13(15)8-5-10-14(11-13)19(2,17)18/h3H,1,4-11H2,2H3/t13-/m0/s1. The van der Waals surface area contributed by atoms with Gasteiger partial charge in [-0.15, -0.1) is 6.58 Å². The predicted molar refractivity (Wildman–Crippen MR) is 74.1 cm³/mol. The van der Waals surface area contributed by atoms with E-state index in [1.165, 1.54) is 10.6 Å². The van der Waals surface area contributed by atoms with Crippen molar-refractivity contribution in [3.05, 3.63) is 12.7 Å². The molecular formula is C13H22N2O3S. The van der Waals surface area contributed by atoms with E-state index in [4.69, 9.17) is 0 Å². The second-order valence-electron chi connectivity index (χ2n) is 5.57. The first kappa shape index (κ1) is 14.5. The zero-order chi connectivity index (χ0) is 14.1. The number of sulfonamides is 1. The minimum Gasteiger partial charge on any atom is -0.332 e. The van der Waals surface area contributed by atoms with Crippen molar-refractivity contribution in [2.45, 2.75) is 37.6 Å². The lowest BCUT2D eigenvalue weighted by molar-refractivity contribution is -0.143. The van der Waals surface area contributed by atoms with Gasteiger partial charge in [0.25, 0.3) is 0 Å². The zero-order valence-corrected chi connectivity index (χ0v) is 12.3.